The molecule has 0 spiro atoms. The number of nitrogens with one attached hydrogen (secondary N) is 2. The Labute approximate surface area is 163 Å². The first-order valence-electron chi connectivity index (χ1n) is 9.67. The molecule has 0 radical (unpaired) electrons. The first-order chi connectivity index (χ1) is 13.5. The van der Waals surface area contributed by atoms with Gasteiger partial charge in [0, 0.05) is 25.6 Å². The Morgan fingerprint density at radius 1 is 1.07 bits per heavy atom. The monoisotopic (exact) mass is 391 g/mol. The Kier molecular flexibility index (Phi) is 8.10. The fraction of sp³-hybridized carbons (Fsp3) is 0.550. The fourth-order valence-electron chi connectivity index (χ4n) is 3.01. The van der Waals surface area contributed by atoms with Crippen LogP contribution in [0.3, 0.4) is 0 Å². The Morgan fingerprint density at radius 3 is 2.46 bits per heavy atom. The van der Waals surface area contributed by atoms with E-state index in [1.165, 1.54) is 18.8 Å². The number of carbonyl (C=O) groups is 1. The molecule has 1 amide bonds. The van der Waals surface area contributed by atoms with Crippen molar-refractivity contribution in [1.82, 2.24) is 14.9 Å². The van der Waals surface area contributed by atoms with Crippen LogP contribution in [0, 0.1) is 0 Å². The van der Waals surface area contributed by atoms with Gasteiger partial charge in [-0.1, -0.05) is 19.8 Å². The van der Waals surface area contributed by atoms with Crippen molar-refractivity contribution in [2.45, 2.75) is 52.0 Å². The number of hydrogen-bond donors (Lipinski definition) is 2. The molecular formula is C20H29N3O5. The normalized spacial score (nSPS) is 10.8. The molecule has 0 unspecified atom stereocenters. The lowest BCUT2D eigenvalue weighted by Crippen LogP contribution is -2.35. The maximum atomic E-state index is 12.7. The Morgan fingerprint density at radius 2 is 1.79 bits per heavy atom. The summed E-state index contributed by atoms with van der Waals surface area (Å²) in [5, 5.41) is 3.25. The van der Waals surface area contributed by atoms with Crippen LogP contribution in [0.2, 0.25) is 0 Å². The zero-order chi connectivity index (χ0) is 20.5. The van der Waals surface area contributed by atoms with Crippen molar-refractivity contribution in [3.63, 3.8) is 0 Å². The lowest BCUT2D eigenvalue weighted by molar-refractivity contribution is -0.121. The molecule has 2 N–H and O–H groups in total. The molecule has 28 heavy (non-hydrogen) atoms. The van der Waals surface area contributed by atoms with Gasteiger partial charge in [-0.2, -0.15) is 0 Å². The molecule has 8 heteroatoms. The van der Waals surface area contributed by atoms with Gasteiger partial charge in [0.1, 0.15) is 0 Å². The van der Waals surface area contributed by atoms with E-state index >= 15 is 0 Å². The number of hydrogen-bond acceptors (Lipinski definition) is 5. The zero-order valence-electron chi connectivity index (χ0n) is 16.8. The van der Waals surface area contributed by atoms with Gasteiger partial charge in [0.2, 0.25) is 5.91 Å². The number of carbonyl (C=O) groups excluding carboxylic acids is 1. The maximum absolute atomic E-state index is 12.7. The molecule has 0 bridgehead atoms. The number of benzene rings is 1. The number of H-pyrrole nitrogens is 1. The van der Waals surface area contributed by atoms with Crippen LogP contribution in [0.15, 0.2) is 21.7 Å². The third-order valence-electron chi connectivity index (χ3n) is 4.62. The molecule has 0 atom stereocenters. The molecule has 1 aromatic carbocycles. The highest BCUT2D eigenvalue weighted by Crippen LogP contribution is 2.29. The quantitative estimate of drug-likeness (QED) is 0.572. The van der Waals surface area contributed by atoms with Crippen molar-refractivity contribution in [2.75, 3.05) is 20.8 Å². The van der Waals surface area contributed by atoms with Gasteiger partial charge < -0.3 is 19.8 Å². The molecule has 0 fully saturated rings. The molecule has 2 rings (SSSR count). The largest absolute Gasteiger partial charge is 0.493 e. The van der Waals surface area contributed by atoms with Gasteiger partial charge in [0.25, 0.3) is 5.56 Å². The van der Waals surface area contributed by atoms with E-state index < -0.39 is 5.69 Å². The first kappa shape index (κ1) is 21.5. The lowest BCUT2D eigenvalue weighted by Gasteiger charge is -2.10. The van der Waals surface area contributed by atoms with Crippen LogP contribution in [0.25, 0.3) is 10.9 Å². The van der Waals surface area contributed by atoms with Crippen molar-refractivity contribution >= 4 is 16.8 Å². The lowest BCUT2D eigenvalue weighted by atomic mass is 10.1. The molecule has 0 saturated carbocycles. The summed E-state index contributed by atoms with van der Waals surface area (Å²) in [4.78, 5) is 39.4. The van der Waals surface area contributed by atoms with Gasteiger partial charge in [-0.25, -0.2) is 4.79 Å². The minimum Gasteiger partial charge on any atom is -0.493 e. The predicted molar refractivity (Wildman–Crippen MR) is 108 cm³/mol. The standard InChI is InChI=1S/C20H29N3O5/c1-4-5-10-21-18(24)9-7-6-8-11-23-19(25)14-12-16(27-2)17(28-3)13-15(14)22-20(23)26/h12-13H,4-11H2,1-3H3,(H,21,24)(H,22,26). The molecule has 2 aromatic rings. The topological polar surface area (TPSA) is 102 Å². The smallest absolute Gasteiger partial charge is 0.328 e. The zero-order valence-corrected chi connectivity index (χ0v) is 16.8. The molecule has 0 aliphatic heterocycles. The van der Waals surface area contributed by atoms with Gasteiger partial charge in [-0.3, -0.25) is 14.2 Å². The maximum Gasteiger partial charge on any atom is 0.328 e. The highest BCUT2D eigenvalue weighted by Gasteiger charge is 2.12. The Bertz CT molecular complexity index is 916. The highest BCUT2D eigenvalue weighted by atomic mass is 16.5. The molecule has 154 valence electrons. The van der Waals surface area contributed by atoms with E-state index in [0.717, 1.165) is 25.7 Å². The number of methoxy groups -OCH3 is 2. The van der Waals surface area contributed by atoms with Crippen LogP contribution < -0.4 is 26.0 Å². The molecule has 0 aliphatic carbocycles. The predicted octanol–water partition coefficient (Wildman–Crippen LogP) is 2.18. The van der Waals surface area contributed by atoms with Crippen molar-refractivity contribution in [3.05, 3.63) is 33.0 Å². The average molecular weight is 391 g/mol. The van der Waals surface area contributed by atoms with Crippen LogP contribution in [-0.2, 0) is 11.3 Å². The van der Waals surface area contributed by atoms with Gasteiger partial charge in [-0.05, 0) is 25.3 Å². The third kappa shape index (κ3) is 5.37. The van der Waals surface area contributed by atoms with Gasteiger partial charge in [0.15, 0.2) is 11.5 Å². The number of aromatic nitrogens is 2. The molecule has 8 nitrogen and oxygen atoms in total. The average Bonchev–Trinajstić information content (AvgIpc) is 2.69. The number of aromatic amines is 1. The summed E-state index contributed by atoms with van der Waals surface area (Å²) < 4.78 is 11.6. The summed E-state index contributed by atoms with van der Waals surface area (Å²) in [5.74, 6) is 0.926. The van der Waals surface area contributed by atoms with E-state index in [1.54, 1.807) is 12.1 Å². The van der Waals surface area contributed by atoms with E-state index in [-0.39, 0.29) is 11.5 Å². The van der Waals surface area contributed by atoms with Crippen LogP contribution in [0.4, 0.5) is 0 Å². The van der Waals surface area contributed by atoms with Crippen molar-refractivity contribution in [3.8, 4) is 11.5 Å². The van der Waals surface area contributed by atoms with E-state index in [4.69, 9.17) is 9.47 Å². The van der Waals surface area contributed by atoms with Crippen LogP contribution in [0.5, 0.6) is 11.5 Å². The van der Waals surface area contributed by atoms with E-state index in [0.29, 0.717) is 48.3 Å². The van der Waals surface area contributed by atoms with Crippen molar-refractivity contribution < 1.29 is 14.3 Å². The number of amides is 1. The second-order valence-electron chi connectivity index (χ2n) is 6.65. The number of rotatable bonds is 11. The molecule has 1 aromatic heterocycles. The molecular weight excluding hydrogens is 362 g/mol. The summed E-state index contributed by atoms with van der Waals surface area (Å²) in [7, 11) is 2.99. The van der Waals surface area contributed by atoms with Gasteiger partial charge in [-0.15, -0.1) is 0 Å². The summed E-state index contributed by atoms with van der Waals surface area (Å²) in [5.41, 5.74) is -0.410. The van der Waals surface area contributed by atoms with Gasteiger partial charge >= 0.3 is 5.69 Å². The molecule has 1 heterocycles. The van der Waals surface area contributed by atoms with E-state index in [2.05, 4.69) is 17.2 Å². The second kappa shape index (κ2) is 10.5. The SMILES string of the molecule is CCCCNC(=O)CCCCCn1c(=O)[nH]c2cc(OC)c(OC)cc2c1=O. The Balaban J connectivity index is 2.00. The first-order valence-corrected chi connectivity index (χ1v) is 9.67. The second-order valence-corrected chi connectivity index (χ2v) is 6.65. The van der Waals surface area contributed by atoms with Crippen LogP contribution >= 0.6 is 0 Å². The summed E-state index contributed by atoms with van der Waals surface area (Å²) >= 11 is 0. The minimum atomic E-state index is -0.456. The van der Waals surface area contributed by atoms with E-state index in [9.17, 15) is 14.4 Å². The summed E-state index contributed by atoms with van der Waals surface area (Å²) in [6.45, 7) is 3.09. The Hall–Kier alpha value is -2.77. The summed E-state index contributed by atoms with van der Waals surface area (Å²) in [6.07, 6.45) is 4.62. The van der Waals surface area contributed by atoms with Crippen LogP contribution in [-0.4, -0.2) is 36.2 Å². The number of unbranched alkanes of at least 4 members (excludes halogenated alkanes) is 3. The van der Waals surface area contributed by atoms with E-state index in [1.807, 2.05) is 0 Å². The fourth-order valence-corrected chi connectivity index (χ4v) is 3.01. The number of fused-ring (bicyclic) bond motifs is 1. The number of ether oxygens (including phenoxy) is 2. The minimum absolute atomic E-state index is 0.0511. The van der Waals surface area contributed by atoms with Crippen molar-refractivity contribution in [2.24, 2.45) is 0 Å². The van der Waals surface area contributed by atoms with Crippen molar-refractivity contribution in [1.29, 1.82) is 0 Å². The molecule has 0 aliphatic rings. The van der Waals surface area contributed by atoms with Crippen LogP contribution in [0.1, 0.15) is 45.4 Å². The highest BCUT2D eigenvalue weighted by molar-refractivity contribution is 5.81. The molecule has 0 saturated heterocycles. The number of nitrogens with zero attached hydrogens (tertiary/aromatic N) is 1. The summed E-state index contributed by atoms with van der Waals surface area (Å²) in [6, 6.07) is 3.15. The van der Waals surface area contributed by atoms with Gasteiger partial charge in [0.05, 0.1) is 25.1 Å². The third-order valence-corrected chi connectivity index (χ3v) is 4.62.